The fraction of sp³-hybridized carbons (Fsp3) is 0.423. The fourth-order valence-corrected chi connectivity index (χ4v) is 4.41. The van der Waals surface area contributed by atoms with Crippen LogP contribution in [0.25, 0.3) is 11.1 Å². The lowest BCUT2D eigenvalue weighted by Crippen LogP contribution is -2.39. The molecule has 8 nitrogen and oxygen atoms in total. The van der Waals surface area contributed by atoms with E-state index in [0.717, 1.165) is 22.3 Å². The molecule has 8 heteroatoms. The lowest BCUT2D eigenvalue weighted by atomic mass is 9.93. The molecule has 0 spiro atoms. The Hall–Kier alpha value is -3.39. The van der Waals surface area contributed by atoms with Crippen LogP contribution in [-0.4, -0.2) is 54.0 Å². The number of alkyl carbamates (subject to hydrolysis) is 1. The maximum atomic E-state index is 12.5. The highest BCUT2D eigenvalue weighted by atomic mass is 16.5. The third-order valence-electron chi connectivity index (χ3n) is 5.94. The molecule has 0 aromatic heterocycles. The Morgan fingerprint density at radius 3 is 2.09 bits per heavy atom. The van der Waals surface area contributed by atoms with Gasteiger partial charge in [0.1, 0.15) is 6.61 Å². The lowest BCUT2D eigenvalue weighted by Gasteiger charge is -2.20. The number of carboxylic acid groups (broad SMARTS) is 1. The minimum atomic E-state index is -1.65. The van der Waals surface area contributed by atoms with Crippen LogP contribution >= 0.6 is 0 Å². The van der Waals surface area contributed by atoms with Gasteiger partial charge < -0.3 is 25.6 Å². The van der Waals surface area contributed by atoms with E-state index >= 15 is 0 Å². The topological polar surface area (TPSA) is 125 Å². The Bertz CT molecular complexity index is 976. The number of carboxylic acids is 1. The Labute approximate surface area is 199 Å². The SMILES string of the molecule is CC(C)CC(CNC(=O)OCC1c2ccccc2-c2ccccc21)CC(=O)NCC(O)C(=O)O. The maximum absolute atomic E-state index is 12.5. The van der Waals surface area contributed by atoms with Crippen LogP contribution in [-0.2, 0) is 14.3 Å². The lowest BCUT2D eigenvalue weighted by molar-refractivity contribution is -0.146. The fourth-order valence-electron chi connectivity index (χ4n) is 4.41. The maximum Gasteiger partial charge on any atom is 0.407 e. The number of aliphatic hydroxyl groups is 1. The number of aliphatic carboxylic acids is 1. The summed E-state index contributed by atoms with van der Waals surface area (Å²) < 4.78 is 5.56. The van der Waals surface area contributed by atoms with E-state index < -0.39 is 18.2 Å². The number of ether oxygens (including phenoxy) is 1. The molecular weight excluding hydrogens is 436 g/mol. The Kier molecular flexibility index (Phi) is 8.65. The van der Waals surface area contributed by atoms with Crippen molar-refractivity contribution in [3.63, 3.8) is 0 Å². The first-order valence-electron chi connectivity index (χ1n) is 11.5. The van der Waals surface area contributed by atoms with Gasteiger partial charge in [-0.3, -0.25) is 4.79 Å². The van der Waals surface area contributed by atoms with Gasteiger partial charge in [-0.1, -0.05) is 62.4 Å². The number of hydrogen-bond acceptors (Lipinski definition) is 5. The predicted molar refractivity (Wildman–Crippen MR) is 127 cm³/mol. The molecule has 1 aliphatic rings. The highest BCUT2D eigenvalue weighted by Crippen LogP contribution is 2.44. The summed E-state index contributed by atoms with van der Waals surface area (Å²) in [4.78, 5) is 35.3. The zero-order chi connectivity index (χ0) is 24.7. The molecule has 0 saturated heterocycles. The van der Waals surface area contributed by atoms with Gasteiger partial charge >= 0.3 is 12.1 Å². The standard InChI is InChI=1S/C26H32N2O6/c1-16(2)11-17(12-24(30)27-14-23(29)25(31)32)13-28-26(33)34-15-22-20-9-5-3-7-18(20)19-8-4-6-10-21(19)22/h3-10,16-17,22-23,29H,11-15H2,1-2H3,(H,27,30)(H,28,33)(H,31,32). The molecule has 2 aromatic carbocycles. The number of amides is 2. The summed E-state index contributed by atoms with van der Waals surface area (Å²) in [5.41, 5.74) is 4.58. The zero-order valence-electron chi connectivity index (χ0n) is 19.5. The summed E-state index contributed by atoms with van der Waals surface area (Å²) in [6.07, 6.45) is -1.39. The third kappa shape index (κ3) is 6.57. The molecule has 2 atom stereocenters. The number of benzene rings is 2. The normalized spacial score (nSPS) is 14.1. The van der Waals surface area contributed by atoms with Gasteiger partial charge in [0.2, 0.25) is 5.91 Å². The molecule has 2 aromatic rings. The summed E-state index contributed by atoms with van der Waals surface area (Å²) in [6, 6.07) is 16.2. The number of rotatable bonds is 11. The van der Waals surface area contributed by atoms with Gasteiger partial charge in [-0.15, -0.1) is 0 Å². The van der Waals surface area contributed by atoms with Crippen LogP contribution in [0.15, 0.2) is 48.5 Å². The van der Waals surface area contributed by atoms with E-state index in [-0.39, 0.29) is 43.9 Å². The molecule has 3 rings (SSSR count). The van der Waals surface area contributed by atoms with Crippen molar-refractivity contribution in [2.45, 2.75) is 38.7 Å². The molecule has 0 heterocycles. The number of carbonyl (C=O) groups is 3. The van der Waals surface area contributed by atoms with E-state index in [9.17, 15) is 19.5 Å². The summed E-state index contributed by atoms with van der Waals surface area (Å²) in [5.74, 6) is -1.65. The van der Waals surface area contributed by atoms with Crippen molar-refractivity contribution in [1.82, 2.24) is 10.6 Å². The van der Waals surface area contributed by atoms with Gasteiger partial charge in [0, 0.05) is 18.9 Å². The minimum absolute atomic E-state index is 0.0314. The van der Waals surface area contributed by atoms with Crippen LogP contribution in [0, 0.1) is 11.8 Å². The largest absolute Gasteiger partial charge is 0.479 e. The average molecular weight is 469 g/mol. The van der Waals surface area contributed by atoms with Crippen molar-refractivity contribution in [2.24, 2.45) is 11.8 Å². The van der Waals surface area contributed by atoms with Gasteiger partial charge in [-0.05, 0) is 40.5 Å². The molecule has 0 radical (unpaired) electrons. The van der Waals surface area contributed by atoms with Crippen molar-refractivity contribution < 1.29 is 29.3 Å². The first kappa shape index (κ1) is 25.2. The molecule has 182 valence electrons. The van der Waals surface area contributed by atoms with Crippen LogP contribution < -0.4 is 10.6 Å². The zero-order valence-corrected chi connectivity index (χ0v) is 19.5. The molecule has 2 unspecified atom stereocenters. The van der Waals surface area contributed by atoms with Gasteiger partial charge in [0.15, 0.2) is 6.10 Å². The second-order valence-corrected chi connectivity index (χ2v) is 9.06. The van der Waals surface area contributed by atoms with Crippen LogP contribution in [0.5, 0.6) is 0 Å². The smallest absolute Gasteiger partial charge is 0.407 e. The quantitative estimate of drug-likeness (QED) is 0.402. The van der Waals surface area contributed by atoms with E-state index in [4.69, 9.17) is 9.84 Å². The summed E-state index contributed by atoms with van der Waals surface area (Å²) in [7, 11) is 0. The highest BCUT2D eigenvalue weighted by molar-refractivity contribution is 5.79. The first-order chi connectivity index (χ1) is 16.3. The monoisotopic (exact) mass is 468 g/mol. The number of aliphatic hydroxyl groups excluding tert-OH is 1. The first-order valence-corrected chi connectivity index (χ1v) is 11.5. The summed E-state index contributed by atoms with van der Waals surface area (Å²) in [6.45, 7) is 4.15. The van der Waals surface area contributed by atoms with Crippen molar-refractivity contribution in [2.75, 3.05) is 19.7 Å². The van der Waals surface area contributed by atoms with Crippen molar-refractivity contribution in [3.05, 3.63) is 59.7 Å². The van der Waals surface area contributed by atoms with Crippen LogP contribution in [0.1, 0.15) is 43.7 Å². The van der Waals surface area contributed by atoms with E-state index in [0.29, 0.717) is 12.3 Å². The molecule has 4 N–H and O–H groups in total. The molecule has 0 aliphatic heterocycles. The molecule has 0 bridgehead atoms. The second kappa shape index (κ2) is 11.7. The van der Waals surface area contributed by atoms with Gasteiger partial charge in [0.25, 0.3) is 0 Å². The van der Waals surface area contributed by atoms with E-state index in [2.05, 4.69) is 34.9 Å². The van der Waals surface area contributed by atoms with E-state index in [1.165, 1.54) is 0 Å². The number of fused-ring (bicyclic) bond motifs is 3. The van der Waals surface area contributed by atoms with Crippen LogP contribution in [0.4, 0.5) is 4.79 Å². The molecule has 0 fully saturated rings. The van der Waals surface area contributed by atoms with Crippen molar-refractivity contribution in [3.8, 4) is 11.1 Å². The Morgan fingerprint density at radius 2 is 1.53 bits per heavy atom. The van der Waals surface area contributed by atoms with Gasteiger partial charge in [-0.2, -0.15) is 0 Å². The number of hydrogen-bond donors (Lipinski definition) is 4. The van der Waals surface area contributed by atoms with Crippen LogP contribution in [0.3, 0.4) is 0 Å². The summed E-state index contributed by atoms with van der Waals surface area (Å²) in [5, 5.41) is 23.2. The van der Waals surface area contributed by atoms with E-state index in [1.54, 1.807) is 0 Å². The van der Waals surface area contributed by atoms with Crippen molar-refractivity contribution in [1.29, 1.82) is 0 Å². The van der Waals surface area contributed by atoms with Gasteiger partial charge in [-0.25, -0.2) is 9.59 Å². The van der Waals surface area contributed by atoms with E-state index in [1.807, 2.05) is 38.1 Å². The molecule has 0 saturated carbocycles. The molecule has 1 aliphatic carbocycles. The van der Waals surface area contributed by atoms with Gasteiger partial charge in [0.05, 0.1) is 6.54 Å². The Balaban J connectivity index is 1.52. The molecular formula is C26H32N2O6. The van der Waals surface area contributed by atoms with Crippen molar-refractivity contribution >= 4 is 18.0 Å². The molecule has 34 heavy (non-hydrogen) atoms. The molecule has 2 amide bonds. The second-order valence-electron chi connectivity index (χ2n) is 9.06. The third-order valence-corrected chi connectivity index (χ3v) is 5.94. The Morgan fingerprint density at radius 1 is 0.941 bits per heavy atom. The minimum Gasteiger partial charge on any atom is -0.479 e. The number of carbonyl (C=O) groups excluding carboxylic acids is 2. The average Bonchev–Trinajstić information content (AvgIpc) is 3.13. The summed E-state index contributed by atoms with van der Waals surface area (Å²) >= 11 is 0. The van der Waals surface area contributed by atoms with Crippen LogP contribution in [0.2, 0.25) is 0 Å². The highest BCUT2D eigenvalue weighted by Gasteiger charge is 2.29. The predicted octanol–water partition coefficient (Wildman–Crippen LogP) is 3.14. The number of nitrogens with one attached hydrogen (secondary N) is 2.